The summed E-state index contributed by atoms with van der Waals surface area (Å²) >= 11 is 0. The third-order valence-electron chi connectivity index (χ3n) is 3.34. The van der Waals surface area contributed by atoms with Crippen molar-refractivity contribution in [1.82, 2.24) is 9.78 Å². The van der Waals surface area contributed by atoms with Crippen LogP contribution in [0.25, 0.3) is 10.9 Å². The van der Waals surface area contributed by atoms with E-state index in [1.807, 2.05) is 24.0 Å². The van der Waals surface area contributed by atoms with E-state index < -0.39 is 0 Å². The standard InChI is InChI=1S/C12H16N4/c1-15-11-7-12(16-4-2-3-5-16)10(13)6-9(11)8-14-15/h6-8H,2-5,13H2,1H3. The Morgan fingerprint density at radius 1 is 1.25 bits per heavy atom. The topological polar surface area (TPSA) is 47.1 Å². The van der Waals surface area contributed by atoms with Crippen LogP contribution in [0.3, 0.4) is 0 Å². The van der Waals surface area contributed by atoms with Crippen molar-refractivity contribution < 1.29 is 0 Å². The number of nitrogen functional groups attached to an aromatic ring is 1. The highest BCUT2D eigenvalue weighted by atomic mass is 15.2. The van der Waals surface area contributed by atoms with E-state index in [1.165, 1.54) is 12.8 Å². The largest absolute Gasteiger partial charge is 0.397 e. The summed E-state index contributed by atoms with van der Waals surface area (Å²) < 4.78 is 1.90. The average Bonchev–Trinajstić information content (AvgIpc) is 2.88. The molecule has 1 aliphatic rings. The van der Waals surface area contributed by atoms with E-state index in [0.29, 0.717) is 0 Å². The van der Waals surface area contributed by atoms with Gasteiger partial charge in [-0.05, 0) is 25.0 Å². The molecule has 1 aliphatic heterocycles. The second-order valence-electron chi connectivity index (χ2n) is 4.43. The second-order valence-corrected chi connectivity index (χ2v) is 4.43. The van der Waals surface area contributed by atoms with Crippen molar-refractivity contribution in [2.75, 3.05) is 23.7 Å². The maximum absolute atomic E-state index is 6.10. The third kappa shape index (κ3) is 1.33. The predicted octanol–water partition coefficient (Wildman–Crippen LogP) is 1.76. The van der Waals surface area contributed by atoms with E-state index in [-0.39, 0.29) is 0 Å². The highest BCUT2D eigenvalue weighted by molar-refractivity contribution is 5.89. The van der Waals surface area contributed by atoms with Crippen molar-refractivity contribution in [3.05, 3.63) is 18.3 Å². The number of anilines is 2. The third-order valence-corrected chi connectivity index (χ3v) is 3.34. The van der Waals surface area contributed by atoms with Crippen LogP contribution in [0.2, 0.25) is 0 Å². The Labute approximate surface area is 94.6 Å². The predicted molar refractivity (Wildman–Crippen MR) is 66.6 cm³/mol. The van der Waals surface area contributed by atoms with Crippen molar-refractivity contribution >= 4 is 22.3 Å². The lowest BCUT2D eigenvalue weighted by atomic mass is 10.2. The van der Waals surface area contributed by atoms with E-state index in [4.69, 9.17) is 5.73 Å². The molecule has 2 N–H and O–H groups in total. The van der Waals surface area contributed by atoms with Gasteiger partial charge in [-0.3, -0.25) is 4.68 Å². The SMILES string of the molecule is Cn1ncc2cc(N)c(N3CCCC3)cc21. The molecule has 16 heavy (non-hydrogen) atoms. The molecule has 2 aromatic rings. The fourth-order valence-corrected chi connectivity index (χ4v) is 2.44. The van der Waals surface area contributed by atoms with Crippen LogP contribution in [0, 0.1) is 0 Å². The molecule has 0 radical (unpaired) electrons. The van der Waals surface area contributed by atoms with E-state index in [0.717, 1.165) is 35.4 Å². The summed E-state index contributed by atoms with van der Waals surface area (Å²) in [6, 6.07) is 4.18. The molecule has 0 atom stereocenters. The minimum Gasteiger partial charge on any atom is -0.397 e. The van der Waals surface area contributed by atoms with Gasteiger partial charge >= 0.3 is 0 Å². The number of benzene rings is 1. The maximum Gasteiger partial charge on any atom is 0.0701 e. The molecule has 0 saturated carbocycles. The van der Waals surface area contributed by atoms with Gasteiger partial charge in [0.1, 0.15) is 0 Å². The van der Waals surface area contributed by atoms with Crippen LogP contribution in [0.15, 0.2) is 18.3 Å². The molecule has 4 nitrogen and oxygen atoms in total. The van der Waals surface area contributed by atoms with Gasteiger partial charge in [0.2, 0.25) is 0 Å². The first-order chi connectivity index (χ1) is 7.75. The molecule has 0 unspecified atom stereocenters. The molecular weight excluding hydrogens is 200 g/mol. The monoisotopic (exact) mass is 216 g/mol. The van der Waals surface area contributed by atoms with Gasteiger partial charge in [0, 0.05) is 25.5 Å². The summed E-state index contributed by atoms with van der Waals surface area (Å²) in [5, 5.41) is 5.36. The molecule has 1 aromatic heterocycles. The minimum atomic E-state index is 0.863. The molecule has 4 heteroatoms. The number of nitrogens with zero attached hydrogens (tertiary/aromatic N) is 3. The molecule has 1 fully saturated rings. The first kappa shape index (κ1) is 9.51. The van der Waals surface area contributed by atoms with Crippen molar-refractivity contribution in [2.45, 2.75) is 12.8 Å². The summed E-state index contributed by atoms with van der Waals surface area (Å²) in [5.74, 6) is 0. The van der Waals surface area contributed by atoms with Crippen LogP contribution < -0.4 is 10.6 Å². The smallest absolute Gasteiger partial charge is 0.0701 e. The van der Waals surface area contributed by atoms with Gasteiger partial charge in [0.15, 0.2) is 0 Å². The van der Waals surface area contributed by atoms with Gasteiger partial charge in [-0.1, -0.05) is 0 Å². The Balaban J connectivity index is 2.15. The number of hydrogen-bond acceptors (Lipinski definition) is 3. The molecule has 1 aromatic carbocycles. The number of aryl methyl sites for hydroxylation is 1. The minimum absolute atomic E-state index is 0.863. The lowest BCUT2D eigenvalue weighted by Gasteiger charge is -2.19. The lowest BCUT2D eigenvalue weighted by Crippen LogP contribution is -2.19. The summed E-state index contributed by atoms with van der Waals surface area (Å²) in [6.45, 7) is 2.24. The van der Waals surface area contributed by atoms with Gasteiger partial charge in [0.05, 0.1) is 23.1 Å². The number of rotatable bonds is 1. The quantitative estimate of drug-likeness (QED) is 0.739. The molecule has 0 amide bonds. The maximum atomic E-state index is 6.10. The average molecular weight is 216 g/mol. The number of nitrogens with two attached hydrogens (primary N) is 1. The highest BCUT2D eigenvalue weighted by Crippen LogP contribution is 2.30. The number of aromatic nitrogens is 2. The fourth-order valence-electron chi connectivity index (χ4n) is 2.44. The molecule has 3 rings (SSSR count). The Bertz CT molecular complexity index is 523. The number of fused-ring (bicyclic) bond motifs is 1. The van der Waals surface area contributed by atoms with Crippen molar-refractivity contribution in [2.24, 2.45) is 7.05 Å². The van der Waals surface area contributed by atoms with Gasteiger partial charge in [-0.2, -0.15) is 5.10 Å². The van der Waals surface area contributed by atoms with Crippen LogP contribution in [0.4, 0.5) is 11.4 Å². The van der Waals surface area contributed by atoms with Crippen LogP contribution in [0.5, 0.6) is 0 Å². The van der Waals surface area contributed by atoms with Gasteiger partial charge < -0.3 is 10.6 Å². The summed E-state index contributed by atoms with van der Waals surface area (Å²) in [4.78, 5) is 2.36. The van der Waals surface area contributed by atoms with Crippen molar-refractivity contribution in [3.63, 3.8) is 0 Å². The number of hydrogen-bond donors (Lipinski definition) is 1. The summed E-state index contributed by atoms with van der Waals surface area (Å²) in [5.41, 5.74) is 9.27. The zero-order chi connectivity index (χ0) is 11.1. The normalized spacial score (nSPS) is 16.2. The van der Waals surface area contributed by atoms with Crippen LogP contribution in [-0.4, -0.2) is 22.9 Å². The summed E-state index contributed by atoms with van der Waals surface area (Å²) in [7, 11) is 1.96. The molecular formula is C12H16N4. The Hall–Kier alpha value is -1.71. The molecule has 2 heterocycles. The Morgan fingerprint density at radius 3 is 2.75 bits per heavy atom. The molecule has 0 bridgehead atoms. The van der Waals surface area contributed by atoms with E-state index in [9.17, 15) is 0 Å². The van der Waals surface area contributed by atoms with Gasteiger partial charge in [0.25, 0.3) is 0 Å². The highest BCUT2D eigenvalue weighted by Gasteiger charge is 2.16. The van der Waals surface area contributed by atoms with E-state index in [2.05, 4.69) is 16.1 Å². The van der Waals surface area contributed by atoms with Crippen molar-refractivity contribution in [3.8, 4) is 0 Å². The lowest BCUT2D eigenvalue weighted by molar-refractivity contribution is 0.796. The molecule has 0 spiro atoms. The van der Waals surface area contributed by atoms with E-state index in [1.54, 1.807) is 0 Å². The molecule has 0 aliphatic carbocycles. The first-order valence-electron chi connectivity index (χ1n) is 5.72. The zero-order valence-corrected chi connectivity index (χ0v) is 9.48. The first-order valence-corrected chi connectivity index (χ1v) is 5.72. The van der Waals surface area contributed by atoms with Crippen LogP contribution in [0.1, 0.15) is 12.8 Å². The summed E-state index contributed by atoms with van der Waals surface area (Å²) in [6.07, 6.45) is 4.39. The Morgan fingerprint density at radius 2 is 2.00 bits per heavy atom. The Kier molecular flexibility index (Phi) is 2.02. The molecule has 84 valence electrons. The van der Waals surface area contributed by atoms with Crippen molar-refractivity contribution in [1.29, 1.82) is 0 Å². The fraction of sp³-hybridized carbons (Fsp3) is 0.417. The second kappa shape index (κ2) is 3.40. The van der Waals surface area contributed by atoms with Gasteiger partial charge in [-0.25, -0.2) is 0 Å². The molecule has 1 saturated heterocycles. The van der Waals surface area contributed by atoms with Crippen LogP contribution >= 0.6 is 0 Å². The van der Waals surface area contributed by atoms with Crippen LogP contribution in [-0.2, 0) is 7.05 Å². The van der Waals surface area contributed by atoms with Gasteiger partial charge in [-0.15, -0.1) is 0 Å². The zero-order valence-electron chi connectivity index (χ0n) is 9.48. The van der Waals surface area contributed by atoms with E-state index >= 15 is 0 Å².